The van der Waals surface area contributed by atoms with Gasteiger partial charge in [0.2, 0.25) is 0 Å². The van der Waals surface area contributed by atoms with Gasteiger partial charge in [-0.1, -0.05) is 0 Å². The van der Waals surface area contributed by atoms with Crippen LogP contribution in [0, 0.1) is 177 Å². The molecule has 0 fully saturated rings. The van der Waals surface area contributed by atoms with E-state index in [1.54, 1.807) is 0 Å². The summed E-state index contributed by atoms with van der Waals surface area (Å²) in [7, 11) is 0. The molecule has 0 aliphatic heterocycles. The summed E-state index contributed by atoms with van der Waals surface area (Å²) in [6.07, 6.45) is 0. The molecule has 13 heavy (non-hydrogen) atoms. The summed E-state index contributed by atoms with van der Waals surface area (Å²) in [5, 5.41) is 0. The van der Waals surface area contributed by atoms with Crippen molar-refractivity contribution in [3.8, 4) is 0 Å². The van der Waals surface area contributed by atoms with Crippen molar-refractivity contribution in [2.75, 3.05) is 0 Å². The third kappa shape index (κ3) is 78.7. The van der Waals surface area contributed by atoms with Crippen LogP contribution in [0.25, 0.3) is 0 Å². The maximum Gasteiger partial charge on any atom is 3.00 e. The molecule has 4 radical (unpaired) electrons. The van der Waals surface area contributed by atoms with E-state index >= 15 is 0 Å². The van der Waals surface area contributed by atoms with Crippen LogP contribution in [-0.4, -0.2) is 97.8 Å². The molecule has 0 N–H and O–H groups in total. The molecule has 13 heteroatoms. The second-order valence-corrected chi connectivity index (χ2v) is 0. The van der Waals surface area contributed by atoms with E-state index < -0.39 is 0 Å². The van der Waals surface area contributed by atoms with Crippen molar-refractivity contribution in [1.29, 1.82) is 0 Å². The van der Waals surface area contributed by atoms with Crippen LogP contribution in [-0.2, 0) is 134 Å². The SMILES string of the molecule is [BaH2].[BaH2].[Ce].[Ce].[O-2].[O-2].[O-2].[Y].[Y].[Yb+3].[Yb+3].[Zr].[Zr]. The van der Waals surface area contributed by atoms with Gasteiger partial charge in [0.15, 0.2) is 0 Å². The maximum atomic E-state index is 0. The van der Waals surface area contributed by atoms with Gasteiger partial charge in [-0.25, -0.2) is 0 Å². The summed E-state index contributed by atoms with van der Waals surface area (Å²) < 4.78 is 0. The van der Waals surface area contributed by atoms with Crippen molar-refractivity contribution in [3.63, 3.8) is 0 Å². The average molecular weight is 1310 g/mol. The van der Waals surface area contributed by atoms with E-state index in [9.17, 15) is 0 Å². The zero-order chi connectivity index (χ0) is 0. The van der Waals surface area contributed by atoms with Crippen LogP contribution in [0.2, 0.25) is 0 Å². The van der Waals surface area contributed by atoms with E-state index in [1.165, 1.54) is 0 Å². The molecule has 76 valence electrons. The zero-order valence-electron chi connectivity index (χ0n) is 4.91. The van der Waals surface area contributed by atoms with Gasteiger partial charge in [0.05, 0.1) is 0 Å². The van der Waals surface area contributed by atoms with Crippen molar-refractivity contribution in [2.45, 2.75) is 0 Å². The van der Waals surface area contributed by atoms with Gasteiger partial charge in [-0.3, -0.25) is 0 Å². The summed E-state index contributed by atoms with van der Waals surface area (Å²) in [4.78, 5) is 0. The van der Waals surface area contributed by atoms with Crippen LogP contribution in [0.5, 0.6) is 0 Å². The Morgan fingerprint density at radius 1 is 0.462 bits per heavy atom. The van der Waals surface area contributed by atoms with Crippen LogP contribution < -0.4 is 0 Å². The quantitative estimate of drug-likeness (QED) is 0.247. The van der Waals surface area contributed by atoms with Crippen LogP contribution >= 0.6 is 0 Å². The minimum Gasteiger partial charge on any atom is -2.00 e. The molecule has 0 aromatic carbocycles. The van der Waals surface area contributed by atoms with Crippen molar-refractivity contribution in [1.82, 2.24) is 0 Å². The topological polar surface area (TPSA) is 85.5 Å². The Kier molecular flexibility index (Phi) is 639. The summed E-state index contributed by atoms with van der Waals surface area (Å²) >= 11 is 0. The van der Waals surface area contributed by atoms with Crippen molar-refractivity contribution < 1.29 is 312 Å². The number of rotatable bonds is 0. The third-order valence-corrected chi connectivity index (χ3v) is 0. The Balaban J connectivity index is 0. The van der Waals surface area contributed by atoms with E-state index in [2.05, 4.69) is 0 Å². The van der Waals surface area contributed by atoms with Gasteiger partial charge in [-0.05, 0) is 0 Å². The van der Waals surface area contributed by atoms with Crippen molar-refractivity contribution >= 4 is 97.8 Å². The van der Waals surface area contributed by atoms with E-state index in [-0.39, 0.29) is 409 Å². The summed E-state index contributed by atoms with van der Waals surface area (Å²) in [5.41, 5.74) is 0. The van der Waals surface area contributed by atoms with Gasteiger partial charge in [-0.2, -0.15) is 0 Å². The Morgan fingerprint density at radius 2 is 0.462 bits per heavy atom. The molecular weight excluding hydrogens is 1310 g/mol. The molecular formula is H4Ba2Ce2O3Y2Yb2Zr2. The Hall–Kier alpha value is 12.8. The van der Waals surface area contributed by atoms with Gasteiger partial charge < -0.3 is 16.4 Å². The number of hydrogen-bond acceptors (Lipinski definition) is 0. The standard InChI is InChI=1S/2Ba.2Ce.3O.2Y.2Yb.2Zr.4H/q;;;;3*-2;;;2*+3;;;;;;. The first-order valence-electron chi connectivity index (χ1n) is 0. The van der Waals surface area contributed by atoms with Gasteiger partial charge in [0, 0.05) is 201 Å². The van der Waals surface area contributed by atoms with Gasteiger partial charge in [-0.15, -0.1) is 0 Å². The molecule has 0 saturated heterocycles. The van der Waals surface area contributed by atoms with Crippen LogP contribution in [0.1, 0.15) is 0 Å². The second kappa shape index (κ2) is 85.8. The summed E-state index contributed by atoms with van der Waals surface area (Å²) in [6.45, 7) is 0. The Bertz CT molecular complexity index is 33.4. The predicted octanol–water partition coefficient (Wildman–Crippen LogP) is -2.20. The predicted molar refractivity (Wildman–Crippen MR) is 19.1 cm³/mol. The van der Waals surface area contributed by atoms with E-state index in [4.69, 9.17) is 0 Å². The Morgan fingerprint density at radius 3 is 0.462 bits per heavy atom. The third-order valence-electron chi connectivity index (χ3n) is 0. The van der Waals surface area contributed by atoms with E-state index in [0.717, 1.165) is 0 Å². The maximum absolute atomic E-state index is 0. The molecule has 0 aliphatic carbocycles. The molecule has 0 rings (SSSR count). The molecule has 3 nitrogen and oxygen atoms in total. The van der Waals surface area contributed by atoms with E-state index in [1.807, 2.05) is 0 Å². The van der Waals surface area contributed by atoms with Crippen LogP contribution in [0.15, 0.2) is 0 Å². The largest absolute Gasteiger partial charge is 3.00 e. The van der Waals surface area contributed by atoms with Crippen molar-refractivity contribution in [3.05, 3.63) is 0 Å². The first-order chi connectivity index (χ1) is 0. The normalized spacial score (nSPS) is 0. The molecule has 0 amide bonds. The zero-order valence-corrected chi connectivity index (χ0v) is 25.2. The molecule has 0 bridgehead atoms. The Labute approximate surface area is 393 Å². The molecule has 0 aromatic rings. The second-order valence-electron chi connectivity index (χ2n) is 0. The molecule has 0 unspecified atom stereocenters. The fourth-order valence-electron chi connectivity index (χ4n) is 0. The van der Waals surface area contributed by atoms with E-state index in [0.29, 0.717) is 0 Å². The van der Waals surface area contributed by atoms with Crippen LogP contribution in [0.3, 0.4) is 0 Å². The summed E-state index contributed by atoms with van der Waals surface area (Å²) in [6, 6.07) is 0. The van der Waals surface area contributed by atoms with Gasteiger partial charge in [0.1, 0.15) is 0 Å². The summed E-state index contributed by atoms with van der Waals surface area (Å²) in [5.74, 6) is 0. The first-order valence-corrected chi connectivity index (χ1v) is 0. The van der Waals surface area contributed by atoms with Gasteiger partial charge in [0.25, 0.3) is 0 Å². The minimum absolute atomic E-state index is 0. The molecule has 0 saturated carbocycles. The number of hydrogen-bond donors (Lipinski definition) is 0. The van der Waals surface area contributed by atoms with Crippen molar-refractivity contribution in [2.24, 2.45) is 0 Å². The first kappa shape index (κ1) is 96.9. The minimum atomic E-state index is 0. The smallest absolute Gasteiger partial charge is 2.00 e. The van der Waals surface area contributed by atoms with Gasteiger partial charge >= 0.3 is 192 Å². The molecule has 0 aliphatic rings. The monoisotopic (exact) mass is 1310 g/mol. The fraction of sp³-hybridized carbons (Fsp3) is 0. The molecule has 0 spiro atoms. The molecule has 0 heterocycles. The molecule has 0 aromatic heterocycles. The molecule has 0 atom stereocenters. The average Bonchev–Trinajstić information content (AvgIpc) is 0. The fourth-order valence-corrected chi connectivity index (χ4v) is 0. The van der Waals surface area contributed by atoms with Crippen LogP contribution in [0.4, 0.5) is 0 Å².